The number of fused-ring (bicyclic) bond motifs is 1. The lowest BCUT2D eigenvalue weighted by atomic mass is 9.77. The topological polar surface area (TPSA) is 45.7 Å². The first-order valence-electron chi connectivity index (χ1n) is 13.1. The molecule has 1 aliphatic carbocycles. The molecule has 5 nitrogen and oxygen atoms in total. The second-order valence-electron chi connectivity index (χ2n) is 10.5. The summed E-state index contributed by atoms with van der Waals surface area (Å²) in [6.45, 7) is 7.34. The summed E-state index contributed by atoms with van der Waals surface area (Å²) in [5, 5.41) is 3.47. The van der Waals surface area contributed by atoms with E-state index in [0.29, 0.717) is 17.6 Å². The van der Waals surface area contributed by atoms with Gasteiger partial charge in [-0.2, -0.15) is 0 Å². The lowest BCUT2D eigenvalue weighted by Crippen LogP contribution is -2.47. The molecule has 33 heavy (non-hydrogen) atoms. The van der Waals surface area contributed by atoms with Crippen LogP contribution in [0.4, 0.5) is 5.82 Å². The minimum absolute atomic E-state index is 0.510. The number of anilines is 1. The summed E-state index contributed by atoms with van der Waals surface area (Å²) in [6.07, 6.45) is 12.2. The summed E-state index contributed by atoms with van der Waals surface area (Å²) < 4.78 is 6.76. The van der Waals surface area contributed by atoms with E-state index in [1.807, 2.05) is 6.20 Å². The zero-order chi connectivity index (χ0) is 22.5. The zero-order valence-electron chi connectivity index (χ0n) is 19.9. The summed E-state index contributed by atoms with van der Waals surface area (Å²) in [6, 6.07) is 4.33. The Bertz CT molecular complexity index is 894. The second kappa shape index (κ2) is 11.3. The summed E-state index contributed by atoms with van der Waals surface area (Å²) in [5.74, 6) is 3.75. The fourth-order valence-electron chi connectivity index (χ4n) is 6.08. The molecule has 0 amide bonds. The number of hydrogen-bond acceptors (Lipinski definition) is 6. The predicted molar refractivity (Wildman–Crippen MR) is 136 cm³/mol. The molecule has 0 unspecified atom stereocenters. The molecule has 2 aromatic rings. The molecule has 2 saturated heterocycles. The fourth-order valence-corrected chi connectivity index (χ4v) is 6.86. The van der Waals surface area contributed by atoms with Crippen LogP contribution in [0.2, 0.25) is 0 Å². The van der Waals surface area contributed by atoms with Crippen LogP contribution >= 0.6 is 11.3 Å². The van der Waals surface area contributed by atoms with Gasteiger partial charge in [0.1, 0.15) is 11.6 Å². The van der Waals surface area contributed by atoms with E-state index in [1.54, 1.807) is 11.3 Å². The Balaban J connectivity index is 0.989. The molecule has 3 fully saturated rings. The van der Waals surface area contributed by atoms with E-state index < -0.39 is 0 Å². The van der Waals surface area contributed by atoms with E-state index in [4.69, 9.17) is 9.72 Å². The lowest BCUT2D eigenvalue weighted by Gasteiger charge is -2.37. The molecule has 2 aliphatic heterocycles. The van der Waals surface area contributed by atoms with Gasteiger partial charge in [-0.05, 0) is 73.9 Å². The van der Waals surface area contributed by atoms with Crippen molar-refractivity contribution in [1.82, 2.24) is 9.88 Å². The Hall–Kier alpha value is -1.50. The molecule has 0 N–H and O–H groups in total. The van der Waals surface area contributed by atoms with Crippen LogP contribution in [0.5, 0.6) is 0 Å². The molecule has 2 aromatic heterocycles. The van der Waals surface area contributed by atoms with Gasteiger partial charge in [-0.15, -0.1) is 11.3 Å². The van der Waals surface area contributed by atoms with Gasteiger partial charge in [-0.1, -0.05) is 12.8 Å². The van der Waals surface area contributed by atoms with Crippen LogP contribution in [0.1, 0.15) is 57.8 Å². The third-order valence-corrected chi connectivity index (χ3v) is 9.11. The molecule has 0 radical (unpaired) electrons. The van der Waals surface area contributed by atoms with E-state index in [-0.39, 0.29) is 0 Å². The van der Waals surface area contributed by atoms with E-state index >= 15 is 0 Å². The van der Waals surface area contributed by atoms with Crippen LogP contribution in [-0.4, -0.2) is 61.6 Å². The minimum Gasteiger partial charge on any atom is -0.381 e. The number of aromatic nitrogens is 1. The predicted octanol–water partition coefficient (Wildman–Crippen LogP) is 5.39. The maximum atomic E-state index is 12.5. The molecule has 0 aromatic carbocycles. The van der Waals surface area contributed by atoms with Crippen molar-refractivity contribution in [1.29, 1.82) is 0 Å². The fraction of sp³-hybridized carbons (Fsp3) is 0.704. The van der Waals surface area contributed by atoms with Gasteiger partial charge in [-0.25, -0.2) is 4.98 Å². The van der Waals surface area contributed by atoms with Crippen molar-refractivity contribution in [3.63, 3.8) is 0 Å². The van der Waals surface area contributed by atoms with Crippen LogP contribution in [0.25, 0.3) is 10.1 Å². The number of thiophene rings is 1. The molecule has 180 valence electrons. The van der Waals surface area contributed by atoms with E-state index in [0.717, 1.165) is 76.8 Å². The van der Waals surface area contributed by atoms with Gasteiger partial charge >= 0.3 is 0 Å². The zero-order valence-corrected chi connectivity index (χ0v) is 20.7. The average Bonchev–Trinajstić information content (AvgIpc) is 3.34. The van der Waals surface area contributed by atoms with Gasteiger partial charge in [0.15, 0.2) is 0 Å². The van der Waals surface area contributed by atoms with Gasteiger partial charge in [0.2, 0.25) is 0 Å². The van der Waals surface area contributed by atoms with Gasteiger partial charge in [-0.3, -0.25) is 9.69 Å². The minimum atomic E-state index is 0.510. The van der Waals surface area contributed by atoms with Crippen molar-refractivity contribution < 1.29 is 9.53 Å². The van der Waals surface area contributed by atoms with Crippen molar-refractivity contribution in [2.45, 2.75) is 57.8 Å². The molecular weight excluding hydrogens is 430 g/mol. The SMILES string of the molecule is O=C(CC1CCOCC1)CC1CCC(CCN2CCN(c3nccc4sccc34)CC2)CC1. The van der Waals surface area contributed by atoms with Gasteiger partial charge in [0.25, 0.3) is 0 Å². The third-order valence-electron chi connectivity index (χ3n) is 8.22. The molecule has 5 rings (SSSR count). The second-order valence-corrected chi connectivity index (χ2v) is 11.4. The largest absolute Gasteiger partial charge is 0.381 e. The molecular formula is C27H39N3O2S. The standard InChI is InChI=1S/C27H39N3O2S/c31-24(20-23-7-16-32-17-8-23)19-22-3-1-21(2-4-22)6-11-29-12-14-30(15-13-29)27-25-9-18-33-26(25)5-10-28-27/h5,9-10,18,21-23H,1-4,6-8,11-17,19-20H2. The summed E-state index contributed by atoms with van der Waals surface area (Å²) in [4.78, 5) is 22.3. The average molecular weight is 470 g/mol. The van der Waals surface area contributed by atoms with Crippen molar-refractivity contribution in [3.8, 4) is 0 Å². The quantitative estimate of drug-likeness (QED) is 0.519. The van der Waals surface area contributed by atoms with Crippen molar-refractivity contribution in [2.24, 2.45) is 17.8 Å². The highest BCUT2D eigenvalue weighted by molar-refractivity contribution is 7.17. The first kappa shape index (κ1) is 23.3. The Kier molecular flexibility index (Phi) is 7.95. The normalized spacial score (nSPS) is 25.5. The van der Waals surface area contributed by atoms with Gasteiger partial charge in [0, 0.05) is 68.5 Å². The summed E-state index contributed by atoms with van der Waals surface area (Å²) in [7, 11) is 0. The van der Waals surface area contributed by atoms with Crippen molar-refractivity contribution >= 4 is 33.0 Å². The number of hydrogen-bond donors (Lipinski definition) is 0. The molecule has 0 atom stereocenters. The smallest absolute Gasteiger partial charge is 0.137 e. The van der Waals surface area contributed by atoms with Crippen molar-refractivity contribution in [2.75, 3.05) is 50.8 Å². The summed E-state index contributed by atoms with van der Waals surface area (Å²) >= 11 is 1.80. The molecule has 0 spiro atoms. The van der Waals surface area contributed by atoms with Crippen LogP contribution in [0, 0.1) is 17.8 Å². The molecule has 3 aliphatic rings. The number of rotatable bonds is 8. The van der Waals surface area contributed by atoms with Crippen molar-refractivity contribution in [3.05, 3.63) is 23.7 Å². The number of Topliss-reactive ketones (excluding diaryl/α,β-unsaturated/α-hetero) is 1. The Morgan fingerprint density at radius 2 is 1.64 bits per heavy atom. The van der Waals surface area contributed by atoms with E-state index in [9.17, 15) is 4.79 Å². The van der Waals surface area contributed by atoms with Crippen LogP contribution in [-0.2, 0) is 9.53 Å². The van der Waals surface area contributed by atoms with Crippen LogP contribution in [0.3, 0.4) is 0 Å². The first-order chi connectivity index (χ1) is 16.2. The highest BCUT2D eigenvalue weighted by Gasteiger charge is 2.26. The highest BCUT2D eigenvalue weighted by atomic mass is 32.1. The Morgan fingerprint density at radius 1 is 0.939 bits per heavy atom. The lowest BCUT2D eigenvalue weighted by molar-refractivity contribution is -0.121. The van der Waals surface area contributed by atoms with Gasteiger partial charge < -0.3 is 9.64 Å². The molecule has 6 heteroatoms. The van der Waals surface area contributed by atoms with Crippen LogP contribution in [0.15, 0.2) is 23.7 Å². The molecule has 0 bridgehead atoms. The highest BCUT2D eigenvalue weighted by Crippen LogP contribution is 2.34. The number of ketones is 1. The number of carbonyl (C=O) groups is 1. The monoisotopic (exact) mass is 469 g/mol. The Labute approximate surface area is 202 Å². The molecule has 1 saturated carbocycles. The first-order valence-corrected chi connectivity index (χ1v) is 14.0. The maximum Gasteiger partial charge on any atom is 0.137 e. The van der Waals surface area contributed by atoms with E-state index in [2.05, 4.69) is 27.3 Å². The molecule has 4 heterocycles. The maximum absolute atomic E-state index is 12.5. The third kappa shape index (κ3) is 6.14. The van der Waals surface area contributed by atoms with E-state index in [1.165, 1.54) is 48.7 Å². The number of nitrogens with zero attached hydrogens (tertiary/aromatic N) is 3. The number of carbonyl (C=O) groups excluding carboxylic acids is 1. The summed E-state index contributed by atoms with van der Waals surface area (Å²) in [5.41, 5.74) is 0. The van der Waals surface area contributed by atoms with Crippen LogP contribution < -0.4 is 4.90 Å². The Morgan fingerprint density at radius 3 is 2.39 bits per heavy atom. The number of pyridine rings is 1. The number of piperazine rings is 1. The number of ether oxygens (including phenoxy) is 1. The van der Waals surface area contributed by atoms with Gasteiger partial charge in [0.05, 0.1) is 0 Å².